The number of hydrogen-bond donors (Lipinski definition) is 0. The Balaban J connectivity index is 1.28. The molecule has 4 aromatic carbocycles. The zero-order valence-corrected chi connectivity index (χ0v) is 20.7. The van der Waals surface area contributed by atoms with Crippen LogP contribution in [-0.2, 0) is 0 Å². The zero-order valence-electron chi connectivity index (χ0n) is 20.7. The van der Waals surface area contributed by atoms with Crippen LogP contribution in [0, 0.1) is 0 Å². The second-order valence-electron chi connectivity index (χ2n) is 9.13. The van der Waals surface area contributed by atoms with Crippen molar-refractivity contribution >= 4 is 5.69 Å². The maximum atomic E-state index is 6.27. The first-order chi connectivity index (χ1) is 18.2. The number of nitrogens with zero attached hydrogens (tertiary/aromatic N) is 3. The van der Waals surface area contributed by atoms with Gasteiger partial charge in [0, 0.05) is 43.0 Å². The summed E-state index contributed by atoms with van der Waals surface area (Å²) in [7, 11) is 2.06. The normalized spacial score (nSPS) is 12.7. The molecule has 6 rings (SSSR count). The molecule has 0 radical (unpaired) electrons. The third-order valence-corrected chi connectivity index (χ3v) is 6.47. The van der Waals surface area contributed by atoms with Gasteiger partial charge in [-0.25, -0.2) is 0 Å². The Morgan fingerprint density at radius 3 is 2.11 bits per heavy atom. The van der Waals surface area contributed by atoms with Crippen LogP contribution < -0.4 is 9.64 Å². The van der Waals surface area contributed by atoms with E-state index in [-0.39, 0.29) is 0 Å². The molecule has 0 saturated heterocycles. The zero-order chi connectivity index (χ0) is 25.0. The van der Waals surface area contributed by atoms with Crippen molar-refractivity contribution in [3.8, 4) is 45.0 Å². The van der Waals surface area contributed by atoms with Gasteiger partial charge in [-0.2, -0.15) is 0 Å². The summed E-state index contributed by atoms with van der Waals surface area (Å²) in [5, 5.41) is 0. The molecule has 0 spiro atoms. The first-order valence-electron chi connectivity index (χ1n) is 12.4. The van der Waals surface area contributed by atoms with Crippen molar-refractivity contribution in [2.45, 2.75) is 0 Å². The highest BCUT2D eigenvalue weighted by molar-refractivity contribution is 5.84. The molecule has 1 aromatic heterocycles. The van der Waals surface area contributed by atoms with Crippen LogP contribution in [0.15, 0.2) is 134 Å². The maximum Gasteiger partial charge on any atom is 0.129 e. The number of anilines is 1. The van der Waals surface area contributed by atoms with Crippen LogP contribution in [0.25, 0.3) is 33.5 Å². The monoisotopic (exact) mass is 481 g/mol. The smallest absolute Gasteiger partial charge is 0.129 e. The van der Waals surface area contributed by atoms with Gasteiger partial charge < -0.3 is 14.5 Å². The van der Waals surface area contributed by atoms with Crippen molar-refractivity contribution in [1.82, 2.24) is 9.88 Å². The number of benzene rings is 4. The van der Waals surface area contributed by atoms with Crippen LogP contribution in [0.1, 0.15) is 0 Å². The molecule has 4 nitrogen and oxygen atoms in total. The summed E-state index contributed by atoms with van der Waals surface area (Å²) in [6, 6.07) is 39.5. The number of hydrogen-bond acceptors (Lipinski definition) is 4. The second-order valence-corrected chi connectivity index (χ2v) is 9.13. The molecule has 2 heterocycles. The Kier molecular flexibility index (Phi) is 6.14. The number of ether oxygens (including phenoxy) is 1. The average molecular weight is 482 g/mol. The van der Waals surface area contributed by atoms with Gasteiger partial charge >= 0.3 is 0 Å². The lowest BCUT2D eigenvalue weighted by Crippen LogP contribution is -2.21. The van der Waals surface area contributed by atoms with E-state index < -0.39 is 0 Å². The van der Waals surface area contributed by atoms with Crippen molar-refractivity contribution in [3.05, 3.63) is 134 Å². The highest BCUT2D eigenvalue weighted by atomic mass is 16.5. The van der Waals surface area contributed by atoms with Gasteiger partial charge in [-0.15, -0.1) is 0 Å². The molecule has 37 heavy (non-hydrogen) atoms. The van der Waals surface area contributed by atoms with Crippen LogP contribution >= 0.6 is 0 Å². The largest absolute Gasteiger partial charge is 0.457 e. The highest BCUT2D eigenvalue weighted by Gasteiger charge is 2.12. The first-order valence-corrected chi connectivity index (χ1v) is 12.4. The van der Waals surface area contributed by atoms with Crippen LogP contribution in [0.2, 0.25) is 0 Å². The summed E-state index contributed by atoms with van der Waals surface area (Å²) in [6.07, 6.45) is 6.02. The quantitative estimate of drug-likeness (QED) is 0.245. The SMILES string of the molecule is CN1C=CN(c2cccc(Oc3cccc(-c4cc(-c5ccccc5-c5ccccc5)ccn4)c3)c2)C1. The fourth-order valence-corrected chi connectivity index (χ4v) is 4.64. The van der Waals surface area contributed by atoms with E-state index in [1.165, 1.54) is 16.7 Å². The van der Waals surface area contributed by atoms with E-state index in [0.29, 0.717) is 0 Å². The predicted octanol–water partition coefficient (Wildman–Crippen LogP) is 8.06. The van der Waals surface area contributed by atoms with Gasteiger partial charge in [0.15, 0.2) is 0 Å². The Morgan fingerprint density at radius 2 is 1.32 bits per heavy atom. The predicted molar refractivity (Wildman–Crippen MR) is 151 cm³/mol. The summed E-state index contributed by atoms with van der Waals surface area (Å²) in [4.78, 5) is 9.01. The molecule has 0 N–H and O–H groups in total. The lowest BCUT2D eigenvalue weighted by Gasteiger charge is -2.19. The van der Waals surface area contributed by atoms with E-state index in [0.717, 1.165) is 40.7 Å². The molecule has 0 atom stereocenters. The fourth-order valence-electron chi connectivity index (χ4n) is 4.64. The molecule has 0 unspecified atom stereocenters. The summed E-state index contributed by atoms with van der Waals surface area (Å²) >= 11 is 0. The van der Waals surface area contributed by atoms with Crippen LogP contribution in [-0.4, -0.2) is 23.6 Å². The molecule has 1 aliphatic rings. The minimum absolute atomic E-state index is 0.778. The molecular weight excluding hydrogens is 454 g/mol. The van der Waals surface area contributed by atoms with Gasteiger partial charge in [-0.05, 0) is 58.7 Å². The summed E-state index contributed by atoms with van der Waals surface area (Å²) in [5.41, 5.74) is 7.74. The van der Waals surface area contributed by atoms with Crippen molar-refractivity contribution < 1.29 is 4.74 Å². The minimum Gasteiger partial charge on any atom is -0.457 e. The second kappa shape index (κ2) is 10.0. The minimum atomic E-state index is 0.778. The lowest BCUT2D eigenvalue weighted by atomic mass is 9.94. The number of rotatable bonds is 6. The summed E-state index contributed by atoms with van der Waals surface area (Å²) in [6.45, 7) is 0.828. The lowest BCUT2D eigenvalue weighted by molar-refractivity contribution is 0.481. The first kappa shape index (κ1) is 22.6. The van der Waals surface area contributed by atoms with Gasteiger partial charge in [0.1, 0.15) is 11.5 Å². The molecule has 4 heteroatoms. The highest BCUT2D eigenvalue weighted by Crippen LogP contribution is 2.34. The van der Waals surface area contributed by atoms with E-state index in [2.05, 4.69) is 113 Å². The Morgan fingerprint density at radius 1 is 0.622 bits per heavy atom. The van der Waals surface area contributed by atoms with E-state index >= 15 is 0 Å². The van der Waals surface area contributed by atoms with Gasteiger partial charge in [0.2, 0.25) is 0 Å². The Hall–Kier alpha value is -4.83. The maximum absolute atomic E-state index is 6.27. The third-order valence-electron chi connectivity index (χ3n) is 6.47. The van der Waals surface area contributed by atoms with Gasteiger partial charge in [0.25, 0.3) is 0 Å². The van der Waals surface area contributed by atoms with E-state index in [9.17, 15) is 0 Å². The summed E-state index contributed by atoms with van der Waals surface area (Å²) < 4.78 is 6.27. The molecule has 0 saturated carbocycles. The van der Waals surface area contributed by atoms with Crippen LogP contribution in [0.3, 0.4) is 0 Å². The van der Waals surface area contributed by atoms with Gasteiger partial charge in [-0.3, -0.25) is 4.98 Å². The third kappa shape index (κ3) is 4.95. The molecular formula is C33H27N3O. The molecule has 0 aliphatic carbocycles. The van der Waals surface area contributed by atoms with E-state index in [1.54, 1.807) is 0 Å². The number of aromatic nitrogens is 1. The van der Waals surface area contributed by atoms with E-state index in [4.69, 9.17) is 4.74 Å². The van der Waals surface area contributed by atoms with Crippen molar-refractivity contribution in [2.75, 3.05) is 18.6 Å². The standard InChI is InChI=1S/C33H27N3O/c1-35-19-20-36(24-35)28-12-8-14-30(23-28)37-29-13-7-11-27(21-29)33-22-26(17-18-34-33)32-16-6-5-15-31(32)25-9-3-2-4-10-25/h2-23H,24H2,1H3. The summed E-state index contributed by atoms with van der Waals surface area (Å²) in [5.74, 6) is 1.58. The van der Waals surface area contributed by atoms with Crippen molar-refractivity contribution in [2.24, 2.45) is 0 Å². The molecule has 0 bridgehead atoms. The van der Waals surface area contributed by atoms with Gasteiger partial charge in [-0.1, -0.05) is 72.8 Å². The Bertz CT molecular complexity index is 1560. The van der Waals surface area contributed by atoms with Crippen molar-refractivity contribution in [1.29, 1.82) is 0 Å². The molecule has 5 aromatic rings. The van der Waals surface area contributed by atoms with Crippen molar-refractivity contribution in [3.63, 3.8) is 0 Å². The van der Waals surface area contributed by atoms with E-state index in [1.807, 2.05) is 42.6 Å². The fraction of sp³-hybridized carbons (Fsp3) is 0.0606. The molecule has 0 fully saturated rings. The topological polar surface area (TPSA) is 28.6 Å². The van der Waals surface area contributed by atoms with Gasteiger partial charge in [0.05, 0.1) is 12.4 Å². The Labute approximate surface area is 217 Å². The molecule has 0 amide bonds. The molecule has 180 valence electrons. The average Bonchev–Trinajstić information content (AvgIpc) is 3.40. The molecule has 1 aliphatic heterocycles. The number of pyridine rings is 1. The van der Waals surface area contributed by atoms with Crippen LogP contribution in [0.4, 0.5) is 5.69 Å². The van der Waals surface area contributed by atoms with Crippen LogP contribution in [0.5, 0.6) is 11.5 Å².